The van der Waals surface area contributed by atoms with E-state index in [4.69, 9.17) is 14.2 Å². The second-order valence-electron chi connectivity index (χ2n) is 6.79. The van der Waals surface area contributed by atoms with Crippen LogP contribution in [0.25, 0.3) is 0 Å². The SMILES string of the molecule is COc1cccc(OCC(=O)N2CCC(Cc3ccccc3)CC2)c1OC. The van der Waals surface area contributed by atoms with Crippen molar-refractivity contribution in [3.05, 3.63) is 54.1 Å². The number of amides is 1. The summed E-state index contributed by atoms with van der Waals surface area (Å²) in [5.41, 5.74) is 1.37. The lowest BCUT2D eigenvalue weighted by Gasteiger charge is -2.32. The number of para-hydroxylation sites is 1. The number of hydrogen-bond donors (Lipinski definition) is 0. The molecule has 0 atom stereocenters. The van der Waals surface area contributed by atoms with E-state index in [1.165, 1.54) is 5.56 Å². The van der Waals surface area contributed by atoms with Crippen LogP contribution in [0.3, 0.4) is 0 Å². The lowest BCUT2D eigenvalue weighted by Crippen LogP contribution is -2.41. The Kier molecular flexibility index (Phi) is 6.58. The molecule has 1 fully saturated rings. The van der Waals surface area contributed by atoms with Crippen molar-refractivity contribution in [3.8, 4) is 17.2 Å². The zero-order valence-electron chi connectivity index (χ0n) is 16.0. The number of piperidine rings is 1. The minimum atomic E-state index is 0.00682. The highest BCUT2D eigenvalue weighted by atomic mass is 16.5. The van der Waals surface area contributed by atoms with Crippen LogP contribution in [0.4, 0.5) is 0 Å². The van der Waals surface area contributed by atoms with Crippen molar-refractivity contribution in [3.63, 3.8) is 0 Å². The van der Waals surface area contributed by atoms with E-state index in [1.54, 1.807) is 26.4 Å². The third-order valence-corrected chi connectivity index (χ3v) is 5.05. The van der Waals surface area contributed by atoms with Crippen molar-refractivity contribution < 1.29 is 19.0 Å². The zero-order valence-corrected chi connectivity index (χ0v) is 16.0. The molecule has 144 valence electrons. The molecule has 0 aromatic heterocycles. The van der Waals surface area contributed by atoms with E-state index in [9.17, 15) is 4.79 Å². The van der Waals surface area contributed by atoms with Crippen molar-refractivity contribution in [1.29, 1.82) is 0 Å². The number of ether oxygens (including phenoxy) is 3. The van der Waals surface area contributed by atoms with Crippen molar-refractivity contribution in [2.24, 2.45) is 5.92 Å². The Balaban J connectivity index is 1.49. The number of likely N-dealkylation sites (tertiary alicyclic amines) is 1. The molecule has 0 aliphatic carbocycles. The van der Waals surface area contributed by atoms with Crippen molar-refractivity contribution >= 4 is 5.91 Å². The molecule has 3 rings (SSSR count). The number of nitrogens with zero attached hydrogens (tertiary/aromatic N) is 1. The maximum Gasteiger partial charge on any atom is 0.260 e. The van der Waals surface area contributed by atoms with E-state index >= 15 is 0 Å². The van der Waals surface area contributed by atoms with E-state index < -0.39 is 0 Å². The largest absolute Gasteiger partial charge is 0.493 e. The second-order valence-corrected chi connectivity index (χ2v) is 6.79. The van der Waals surface area contributed by atoms with Crippen molar-refractivity contribution in [2.75, 3.05) is 33.9 Å². The number of benzene rings is 2. The van der Waals surface area contributed by atoms with Crippen LogP contribution >= 0.6 is 0 Å². The Bertz CT molecular complexity index is 739. The number of hydrogen-bond acceptors (Lipinski definition) is 4. The third kappa shape index (κ3) is 4.94. The molecule has 0 bridgehead atoms. The van der Waals surface area contributed by atoms with Crippen molar-refractivity contribution in [2.45, 2.75) is 19.3 Å². The quantitative estimate of drug-likeness (QED) is 0.749. The van der Waals surface area contributed by atoms with Gasteiger partial charge in [0.15, 0.2) is 18.1 Å². The topological polar surface area (TPSA) is 48.0 Å². The summed E-state index contributed by atoms with van der Waals surface area (Å²) in [6, 6.07) is 15.9. The fraction of sp³-hybridized carbons (Fsp3) is 0.409. The summed E-state index contributed by atoms with van der Waals surface area (Å²) in [6.45, 7) is 1.58. The average Bonchev–Trinajstić information content (AvgIpc) is 2.72. The summed E-state index contributed by atoms with van der Waals surface area (Å²) in [4.78, 5) is 14.4. The fourth-order valence-corrected chi connectivity index (χ4v) is 3.54. The Hall–Kier alpha value is -2.69. The number of carbonyl (C=O) groups is 1. The standard InChI is InChI=1S/C22H27NO4/c1-25-19-9-6-10-20(22(19)26-2)27-16-21(24)23-13-11-18(12-14-23)15-17-7-4-3-5-8-17/h3-10,18H,11-16H2,1-2H3. The highest BCUT2D eigenvalue weighted by Gasteiger charge is 2.23. The minimum absolute atomic E-state index is 0.00682. The fourth-order valence-electron chi connectivity index (χ4n) is 3.54. The number of methoxy groups -OCH3 is 2. The molecule has 1 heterocycles. The van der Waals surface area contributed by atoms with Gasteiger partial charge in [0.2, 0.25) is 5.75 Å². The monoisotopic (exact) mass is 369 g/mol. The first-order chi connectivity index (χ1) is 13.2. The molecule has 1 saturated heterocycles. The molecule has 5 nitrogen and oxygen atoms in total. The van der Waals surface area contributed by atoms with Gasteiger partial charge >= 0.3 is 0 Å². The number of carbonyl (C=O) groups excluding carboxylic acids is 1. The molecule has 0 radical (unpaired) electrons. The summed E-state index contributed by atoms with van der Waals surface area (Å²) in [7, 11) is 3.14. The molecule has 0 spiro atoms. The molecular weight excluding hydrogens is 342 g/mol. The van der Waals surface area contributed by atoms with Crippen LogP contribution in [0.5, 0.6) is 17.2 Å². The van der Waals surface area contributed by atoms with Crippen LogP contribution in [-0.2, 0) is 11.2 Å². The second kappa shape index (κ2) is 9.31. The van der Waals surface area contributed by atoms with Gasteiger partial charge < -0.3 is 19.1 Å². The molecule has 1 aliphatic heterocycles. The summed E-state index contributed by atoms with van der Waals surface area (Å²) in [5, 5.41) is 0. The smallest absolute Gasteiger partial charge is 0.260 e. The van der Waals surface area contributed by atoms with Crippen LogP contribution in [0.2, 0.25) is 0 Å². The Labute approximate surface area is 160 Å². The van der Waals surface area contributed by atoms with Gasteiger partial charge in [0, 0.05) is 13.1 Å². The average molecular weight is 369 g/mol. The molecule has 1 aliphatic rings. The van der Waals surface area contributed by atoms with E-state index in [0.29, 0.717) is 23.2 Å². The van der Waals surface area contributed by atoms with Crippen molar-refractivity contribution in [1.82, 2.24) is 4.90 Å². The molecule has 5 heteroatoms. The Morgan fingerprint density at radius 1 is 0.963 bits per heavy atom. The Morgan fingerprint density at radius 2 is 1.67 bits per heavy atom. The van der Waals surface area contributed by atoms with Gasteiger partial charge in [0.25, 0.3) is 5.91 Å². The minimum Gasteiger partial charge on any atom is -0.493 e. The Morgan fingerprint density at radius 3 is 2.33 bits per heavy atom. The molecule has 2 aromatic rings. The predicted molar refractivity (Wildman–Crippen MR) is 104 cm³/mol. The first kappa shape index (κ1) is 19.1. The van der Waals surface area contributed by atoms with Crippen LogP contribution in [0, 0.1) is 5.92 Å². The van der Waals surface area contributed by atoms with Gasteiger partial charge in [-0.25, -0.2) is 0 Å². The molecular formula is C22H27NO4. The first-order valence-corrected chi connectivity index (χ1v) is 9.36. The third-order valence-electron chi connectivity index (χ3n) is 5.05. The van der Waals surface area contributed by atoms with E-state index in [-0.39, 0.29) is 12.5 Å². The highest BCUT2D eigenvalue weighted by Crippen LogP contribution is 2.36. The predicted octanol–water partition coefficient (Wildman–Crippen LogP) is 3.56. The van der Waals surface area contributed by atoms with Gasteiger partial charge in [-0.1, -0.05) is 36.4 Å². The molecule has 2 aromatic carbocycles. The summed E-state index contributed by atoms with van der Waals surface area (Å²) in [6.07, 6.45) is 3.15. The molecule has 0 N–H and O–H groups in total. The van der Waals surface area contributed by atoms with Crippen LogP contribution in [0.1, 0.15) is 18.4 Å². The van der Waals surface area contributed by atoms with E-state index in [0.717, 1.165) is 32.4 Å². The van der Waals surface area contributed by atoms with E-state index in [1.807, 2.05) is 17.0 Å². The lowest BCUT2D eigenvalue weighted by molar-refractivity contribution is -0.134. The molecule has 27 heavy (non-hydrogen) atoms. The summed E-state index contributed by atoms with van der Waals surface area (Å²) in [5.74, 6) is 2.26. The van der Waals surface area contributed by atoms with Gasteiger partial charge in [-0.2, -0.15) is 0 Å². The molecule has 0 saturated carbocycles. The van der Waals surface area contributed by atoms with Gasteiger partial charge in [-0.3, -0.25) is 4.79 Å². The summed E-state index contributed by atoms with van der Waals surface area (Å²) < 4.78 is 16.3. The van der Waals surface area contributed by atoms with Gasteiger partial charge in [0.1, 0.15) is 0 Å². The van der Waals surface area contributed by atoms with Gasteiger partial charge in [-0.05, 0) is 42.9 Å². The van der Waals surface area contributed by atoms with Crippen LogP contribution in [-0.4, -0.2) is 44.7 Å². The zero-order chi connectivity index (χ0) is 19.1. The molecule has 1 amide bonds. The van der Waals surface area contributed by atoms with Crippen LogP contribution in [0.15, 0.2) is 48.5 Å². The highest BCUT2D eigenvalue weighted by molar-refractivity contribution is 5.78. The molecule has 0 unspecified atom stereocenters. The summed E-state index contributed by atoms with van der Waals surface area (Å²) >= 11 is 0. The maximum atomic E-state index is 12.5. The van der Waals surface area contributed by atoms with Gasteiger partial charge in [0.05, 0.1) is 14.2 Å². The lowest BCUT2D eigenvalue weighted by atomic mass is 9.90. The maximum absolute atomic E-state index is 12.5. The van der Waals surface area contributed by atoms with Gasteiger partial charge in [-0.15, -0.1) is 0 Å². The van der Waals surface area contributed by atoms with Crippen LogP contribution < -0.4 is 14.2 Å². The number of rotatable bonds is 7. The first-order valence-electron chi connectivity index (χ1n) is 9.36. The van der Waals surface area contributed by atoms with E-state index in [2.05, 4.69) is 24.3 Å². The normalized spacial score (nSPS) is 14.7.